The second-order valence-corrected chi connectivity index (χ2v) is 14.9. The van der Waals surface area contributed by atoms with Gasteiger partial charge in [-0.05, 0) is 67.1 Å². The van der Waals surface area contributed by atoms with Gasteiger partial charge in [-0.1, -0.05) is 62.8 Å². The van der Waals surface area contributed by atoms with E-state index in [9.17, 15) is 23.4 Å². The molecular weight excluding hydrogens is 583 g/mol. The maximum Gasteiger partial charge on any atom is 0.456 e. The number of aliphatic hydroxyl groups is 3. The molecule has 0 radical (unpaired) electrons. The van der Waals surface area contributed by atoms with Crippen molar-refractivity contribution >= 4 is 6.08 Å². The number of aliphatic hydroxyl groups excluding tert-OH is 1. The molecule has 4 fully saturated rings. The molecule has 1 heterocycles. The monoisotopic (exact) mass is 626 g/mol. The zero-order chi connectivity index (χ0) is 32.0. The molecule has 44 heavy (non-hydrogen) atoms. The Hall–Kier alpha value is -1.85. The number of hydrogen-bond donors (Lipinski definition) is 3. The molecule has 1 aliphatic heterocycles. The summed E-state index contributed by atoms with van der Waals surface area (Å²) < 4.78 is 84.6. The molecule has 6 rings (SSSR count). The summed E-state index contributed by atoms with van der Waals surface area (Å²) in [6.45, 7) is 6.36. The van der Waals surface area contributed by atoms with Crippen molar-refractivity contribution in [3.05, 3.63) is 52.6 Å². The molecule has 1 spiro atoms. The molecule has 10 heteroatoms. The number of hydrogen-bond acceptors (Lipinski definition) is 5. The summed E-state index contributed by atoms with van der Waals surface area (Å²) in [5, 5.41) is 32.9. The van der Waals surface area contributed by atoms with Crippen LogP contribution in [0.15, 0.2) is 41.5 Å². The van der Waals surface area contributed by atoms with Gasteiger partial charge in [0.25, 0.3) is 0 Å². The van der Waals surface area contributed by atoms with E-state index >= 15 is 8.78 Å². The van der Waals surface area contributed by atoms with Crippen LogP contribution in [0.1, 0.15) is 89.2 Å². The van der Waals surface area contributed by atoms with E-state index in [2.05, 4.69) is 13.8 Å². The third kappa shape index (κ3) is 4.72. The normalized spacial score (nSPS) is 38.5. The fraction of sp³-hybridized carbons (Fsp3) is 0.706. The summed E-state index contributed by atoms with van der Waals surface area (Å²) in [5.41, 5.74) is -3.12. The van der Waals surface area contributed by atoms with Gasteiger partial charge in [-0.3, -0.25) is 0 Å². The Morgan fingerprint density at radius 3 is 2.20 bits per heavy atom. The summed E-state index contributed by atoms with van der Waals surface area (Å²) >= 11 is 0. The molecule has 0 bridgehead atoms. The largest absolute Gasteiger partial charge is 0.456 e. The highest BCUT2D eigenvalue weighted by atomic mass is 19.4. The van der Waals surface area contributed by atoms with Crippen molar-refractivity contribution in [2.45, 2.75) is 107 Å². The lowest BCUT2D eigenvalue weighted by atomic mass is 9.49. The van der Waals surface area contributed by atoms with Crippen molar-refractivity contribution in [2.75, 3.05) is 19.8 Å². The third-order valence-electron chi connectivity index (χ3n) is 11.6. The summed E-state index contributed by atoms with van der Waals surface area (Å²) in [5.74, 6) is -7.75. The van der Waals surface area contributed by atoms with Crippen LogP contribution in [0.25, 0.3) is 6.08 Å². The van der Waals surface area contributed by atoms with E-state index in [0.717, 1.165) is 22.3 Å². The van der Waals surface area contributed by atoms with Gasteiger partial charge in [0.15, 0.2) is 5.79 Å². The van der Waals surface area contributed by atoms with Gasteiger partial charge in [-0.15, -0.1) is 0 Å². The van der Waals surface area contributed by atoms with Gasteiger partial charge in [0, 0.05) is 29.6 Å². The maximum absolute atomic E-state index is 15.3. The van der Waals surface area contributed by atoms with Crippen molar-refractivity contribution < 1.29 is 46.7 Å². The van der Waals surface area contributed by atoms with Crippen LogP contribution in [0, 0.1) is 22.7 Å². The summed E-state index contributed by atoms with van der Waals surface area (Å²) in [7, 11) is 0. The second kappa shape index (κ2) is 10.3. The van der Waals surface area contributed by atoms with Gasteiger partial charge in [0.1, 0.15) is 5.60 Å². The Kier molecular flexibility index (Phi) is 7.53. The molecular formula is C34H43F5O5. The SMILES string of the molecule is CC1(C)COC2(CCC3=C4C(CCC3(O)C2)C2CC[C@@](O)(C(F)(F)C(F)(F)F)[C@@]2(C)C[C@@H]4c2ccc(/C=C/CO)cc2)OC1. The van der Waals surface area contributed by atoms with E-state index in [0.29, 0.717) is 38.9 Å². The molecule has 3 unspecified atom stereocenters. The van der Waals surface area contributed by atoms with Gasteiger partial charge in [-0.2, -0.15) is 22.0 Å². The van der Waals surface area contributed by atoms with Crippen molar-refractivity contribution in [1.29, 1.82) is 0 Å². The number of rotatable bonds is 4. The van der Waals surface area contributed by atoms with Crippen LogP contribution < -0.4 is 0 Å². The lowest BCUT2D eigenvalue weighted by molar-refractivity contribution is -0.362. The number of allylic oxidation sites excluding steroid dienone is 1. The zero-order valence-electron chi connectivity index (χ0n) is 25.5. The first kappa shape index (κ1) is 32.1. The Balaban J connectivity index is 1.45. The summed E-state index contributed by atoms with van der Waals surface area (Å²) in [6.07, 6.45) is -1.38. The molecule has 6 atom stereocenters. The van der Waals surface area contributed by atoms with Gasteiger partial charge < -0.3 is 24.8 Å². The number of halogens is 5. The molecule has 0 amide bonds. The predicted molar refractivity (Wildman–Crippen MR) is 154 cm³/mol. The first-order chi connectivity index (χ1) is 20.4. The molecule has 4 aliphatic carbocycles. The van der Waals surface area contributed by atoms with Crippen LogP contribution in [0.3, 0.4) is 0 Å². The Morgan fingerprint density at radius 1 is 0.932 bits per heavy atom. The fourth-order valence-corrected chi connectivity index (χ4v) is 9.34. The first-order valence-corrected chi connectivity index (χ1v) is 15.7. The molecule has 1 saturated heterocycles. The summed E-state index contributed by atoms with van der Waals surface area (Å²) in [4.78, 5) is 0. The van der Waals surface area contributed by atoms with Gasteiger partial charge in [0.2, 0.25) is 0 Å². The van der Waals surface area contributed by atoms with Crippen LogP contribution in [0.2, 0.25) is 0 Å². The zero-order valence-corrected chi connectivity index (χ0v) is 25.5. The summed E-state index contributed by atoms with van der Waals surface area (Å²) in [6, 6.07) is 7.30. The molecule has 5 nitrogen and oxygen atoms in total. The highest BCUT2D eigenvalue weighted by molar-refractivity contribution is 5.52. The van der Waals surface area contributed by atoms with Gasteiger partial charge in [0.05, 0.1) is 25.4 Å². The average molecular weight is 627 g/mol. The molecule has 5 aliphatic rings. The highest BCUT2D eigenvalue weighted by Crippen LogP contribution is 2.71. The minimum Gasteiger partial charge on any atom is -0.392 e. The molecule has 0 aromatic heterocycles. The topological polar surface area (TPSA) is 79.2 Å². The Labute approximate surface area is 255 Å². The maximum atomic E-state index is 15.3. The average Bonchev–Trinajstić information content (AvgIpc) is 3.24. The van der Waals surface area contributed by atoms with Gasteiger partial charge >= 0.3 is 12.1 Å². The Bertz CT molecular complexity index is 1330. The van der Waals surface area contributed by atoms with E-state index in [1.807, 2.05) is 24.3 Å². The lowest BCUT2D eigenvalue weighted by Gasteiger charge is -2.59. The molecule has 3 N–H and O–H groups in total. The van der Waals surface area contributed by atoms with Crippen LogP contribution in [0.5, 0.6) is 0 Å². The van der Waals surface area contributed by atoms with Crippen molar-refractivity contribution in [3.63, 3.8) is 0 Å². The minimum atomic E-state index is -5.90. The number of ether oxygens (including phenoxy) is 2. The number of benzene rings is 1. The van der Waals surface area contributed by atoms with E-state index < -0.39 is 52.8 Å². The smallest absolute Gasteiger partial charge is 0.392 e. The van der Waals surface area contributed by atoms with E-state index in [1.54, 1.807) is 12.2 Å². The van der Waals surface area contributed by atoms with Gasteiger partial charge in [-0.25, -0.2) is 0 Å². The third-order valence-corrected chi connectivity index (χ3v) is 11.6. The second-order valence-electron chi connectivity index (χ2n) is 14.9. The quantitative estimate of drug-likeness (QED) is 0.250. The van der Waals surface area contributed by atoms with Crippen molar-refractivity contribution in [3.8, 4) is 0 Å². The molecule has 1 aromatic carbocycles. The van der Waals surface area contributed by atoms with Crippen LogP contribution in [-0.4, -0.2) is 64.2 Å². The number of fused-ring (bicyclic) bond motifs is 4. The van der Waals surface area contributed by atoms with E-state index in [-0.39, 0.29) is 37.2 Å². The lowest BCUT2D eigenvalue weighted by Crippen LogP contribution is -2.65. The standard InChI is InChI=1S/C34H43F5O5/c1-28(2)19-43-31(44-20-28)14-11-26-27-23(10-13-30(26,41)18-31)25-12-15-32(42,33(35,36)34(37,38)39)29(25,3)17-24(27)22-8-6-21(7-9-22)5-4-16-40/h4-9,23-25,40-42H,10-20H2,1-3H3/b5-4+/t23?,24-,25?,29+,30?,32+/m1/s1. The van der Waals surface area contributed by atoms with Crippen LogP contribution >= 0.6 is 0 Å². The van der Waals surface area contributed by atoms with E-state index in [1.165, 1.54) is 6.92 Å². The molecule has 3 saturated carbocycles. The fourth-order valence-electron chi connectivity index (χ4n) is 9.34. The molecule has 244 valence electrons. The Morgan fingerprint density at radius 2 is 1.59 bits per heavy atom. The predicted octanol–water partition coefficient (Wildman–Crippen LogP) is 6.92. The number of alkyl halides is 5. The van der Waals surface area contributed by atoms with E-state index in [4.69, 9.17) is 14.6 Å². The van der Waals surface area contributed by atoms with Crippen molar-refractivity contribution in [1.82, 2.24) is 0 Å². The highest BCUT2D eigenvalue weighted by Gasteiger charge is 2.79. The van der Waals surface area contributed by atoms with Crippen molar-refractivity contribution in [2.24, 2.45) is 22.7 Å². The molecule has 1 aromatic rings. The first-order valence-electron chi connectivity index (χ1n) is 15.7. The minimum absolute atomic E-state index is 0.0431. The van der Waals surface area contributed by atoms with Crippen LogP contribution in [-0.2, 0) is 9.47 Å². The van der Waals surface area contributed by atoms with Crippen LogP contribution in [0.4, 0.5) is 22.0 Å².